The summed E-state index contributed by atoms with van der Waals surface area (Å²) in [6, 6.07) is 13.8. The number of amides is 1. The van der Waals surface area contributed by atoms with Gasteiger partial charge in [0.1, 0.15) is 5.82 Å². The first kappa shape index (κ1) is 22.2. The Hall–Kier alpha value is -2.97. The number of anilines is 1. The van der Waals surface area contributed by atoms with Gasteiger partial charge in [-0.25, -0.2) is 13.4 Å². The number of carbonyl (C=O) groups excluding carboxylic acids is 1. The lowest BCUT2D eigenvalue weighted by Crippen LogP contribution is -2.31. The number of aromatic nitrogens is 2. The van der Waals surface area contributed by atoms with E-state index in [0.717, 1.165) is 37.1 Å². The monoisotopic (exact) mass is 452 g/mol. The average Bonchev–Trinajstić information content (AvgIpc) is 3.02. The molecule has 2 aromatic carbocycles. The van der Waals surface area contributed by atoms with Crippen molar-refractivity contribution in [3.63, 3.8) is 0 Å². The number of hydrogen-bond donors (Lipinski definition) is 1. The van der Waals surface area contributed by atoms with Crippen molar-refractivity contribution in [3.05, 3.63) is 77.9 Å². The highest BCUT2D eigenvalue weighted by Crippen LogP contribution is 2.22. The van der Waals surface area contributed by atoms with E-state index in [1.165, 1.54) is 0 Å². The molecule has 1 amide bonds. The molecule has 7 nitrogen and oxygen atoms in total. The van der Waals surface area contributed by atoms with Crippen molar-refractivity contribution in [1.29, 1.82) is 0 Å². The number of hydrogen-bond acceptors (Lipinski definition) is 4. The van der Waals surface area contributed by atoms with Crippen LogP contribution < -0.4 is 5.32 Å². The first-order chi connectivity index (χ1) is 15.4. The van der Waals surface area contributed by atoms with Crippen molar-refractivity contribution < 1.29 is 13.2 Å². The maximum Gasteiger partial charge on any atom is 0.255 e. The number of sulfonamides is 1. The molecule has 0 bridgehead atoms. The Kier molecular flexibility index (Phi) is 6.72. The molecule has 1 saturated heterocycles. The number of nitrogens with one attached hydrogen (secondary N) is 1. The third-order valence-electron chi connectivity index (χ3n) is 5.81. The lowest BCUT2D eigenvalue weighted by molar-refractivity contribution is 0.102. The summed E-state index contributed by atoms with van der Waals surface area (Å²) < 4.78 is 29.4. The summed E-state index contributed by atoms with van der Waals surface area (Å²) in [6.07, 6.45) is 7.62. The van der Waals surface area contributed by atoms with Crippen molar-refractivity contribution in [2.75, 3.05) is 18.4 Å². The fourth-order valence-electron chi connectivity index (χ4n) is 3.87. The Balaban J connectivity index is 1.39. The van der Waals surface area contributed by atoms with E-state index in [4.69, 9.17) is 0 Å². The summed E-state index contributed by atoms with van der Waals surface area (Å²) in [5, 5.41) is 2.84. The fraction of sp³-hybridized carbons (Fsp3) is 0.333. The van der Waals surface area contributed by atoms with E-state index in [2.05, 4.69) is 10.3 Å². The molecule has 1 aromatic heterocycles. The molecule has 0 aliphatic carbocycles. The standard InChI is InChI=1S/C24H28N4O3S/c1-19-25-14-17-27(19)18-20-6-8-21(9-7-20)24(29)26-22-10-12-23(13-11-22)32(30,31)28-15-4-2-3-5-16-28/h6-14,17H,2-5,15-16,18H2,1H3,(H,26,29). The highest BCUT2D eigenvalue weighted by molar-refractivity contribution is 7.89. The summed E-state index contributed by atoms with van der Waals surface area (Å²) in [7, 11) is -3.50. The highest BCUT2D eigenvalue weighted by Gasteiger charge is 2.25. The van der Waals surface area contributed by atoms with Gasteiger partial charge in [-0.15, -0.1) is 0 Å². The van der Waals surface area contributed by atoms with E-state index in [1.54, 1.807) is 46.9 Å². The van der Waals surface area contributed by atoms with E-state index in [-0.39, 0.29) is 10.8 Å². The maximum absolute atomic E-state index is 12.9. The molecule has 0 spiro atoms. The SMILES string of the molecule is Cc1nccn1Cc1ccc(C(=O)Nc2ccc(S(=O)(=O)N3CCCCCC3)cc2)cc1. The Labute approximate surface area is 189 Å². The van der Waals surface area contributed by atoms with E-state index in [1.807, 2.05) is 29.8 Å². The number of imidazole rings is 1. The molecule has 1 aliphatic heterocycles. The van der Waals surface area contributed by atoms with Gasteiger partial charge >= 0.3 is 0 Å². The quantitative estimate of drug-likeness (QED) is 0.611. The molecule has 2 heterocycles. The number of nitrogens with zero attached hydrogens (tertiary/aromatic N) is 3. The van der Waals surface area contributed by atoms with Crippen LogP contribution in [0.3, 0.4) is 0 Å². The van der Waals surface area contributed by atoms with E-state index in [0.29, 0.717) is 30.9 Å². The van der Waals surface area contributed by atoms with Gasteiger partial charge in [0, 0.05) is 43.3 Å². The lowest BCUT2D eigenvalue weighted by atomic mass is 10.1. The van der Waals surface area contributed by atoms with Crippen LogP contribution in [-0.4, -0.2) is 41.3 Å². The second kappa shape index (κ2) is 9.67. The Morgan fingerprint density at radius 3 is 2.22 bits per heavy atom. The van der Waals surface area contributed by atoms with Crippen molar-refractivity contribution in [3.8, 4) is 0 Å². The van der Waals surface area contributed by atoms with Crippen molar-refractivity contribution in [2.45, 2.75) is 44.0 Å². The van der Waals surface area contributed by atoms with Gasteiger partial charge in [-0.05, 0) is 61.7 Å². The highest BCUT2D eigenvalue weighted by atomic mass is 32.2. The summed E-state index contributed by atoms with van der Waals surface area (Å²) in [5.74, 6) is 0.701. The molecule has 8 heteroatoms. The normalized spacial score (nSPS) is 15.3. The largest absolute Gasteiger partial charge is 0.331 e. The third-order valence-corrected chi connectivity index (χ3v) is 7.72. The molecule has 1 N–H and O–H groups in total. The van der Waals surface area contributed by atoms with Crippen molar-refractivity contribution in [2.24, 2.45) is 0 Å². The molecule has 4 rings (SSSR count). The van der Waals surface area contributed by atoms with Gasteiger partial charge in [0.2, 0.25) is 10.0 Å². The van der Waals surface area contributed by atoms with E-state index in [9.17, 15) is 13.2 Å². The minimum Gasteiger partial charge on any atom is -0.331 e. The van der Waals surface area contributed by atoms with Gasteiger partial charge in [-0.1, -0.05) is 25.0 Å². The molecule has 1 fully saturated rings. The molecular weight excluding hydrogens is 424 g/mol. The minimum atomic E-state index is -3.50. The zero-order valence-corrected chi connectivity index (χ0v) is 19.0. The zero-order valence-electron chi connectivity index (χ0n) is 18.2. The minimum absolute atomic E-state index is 0.238. The molecule has 0 radical (unpaired) electrons. The van der Waals surface area contributed by atoms with Crippen LogP contribution in [0, 0.1) is 6.92 Å². The summed E-state index contributed by atoms with van der Waals surface area (Å²) in [4.78, 5) is 17.1. The van der Waals surface area contributed by atoms with Crippen LogP contribution in [0.25, 0.3) is 0 Å². The topological polar surface area (TPSA) is 84.3 Å². The Morgan fingerprint density at radius 2 is 1.62 bits per heavy atom. The van der Waals surface area contributed by atoms with Gasteiger partial charge in [-0.2, -0.15) is 4.31 Å². The van der Waals surface area contributed by atoms with Crippen LogP contribution in [0.5, 0.6) is 0 Å². The average molecular weight is 453 g/mol. The predicted molar refractivity (Wildman–Crippen MR) is 124 cm³/mol. The van der Waals surface area contributed by atoms with Gasteiger partial charge in [-0.3, -0.25) is 4.79 Å². The number of aryl methyl sites for hydroxylation is 1. The van der Waals surface area contributed by atoms with Crippen LogP contribution >= 0.6 is 0 Å². The molecular formula is C24H28N4O3S. The molecule has 0 atom stereocenters. The molecule has 0 unspecified atom stereocenters. The van der Waals surface area contributed by atoms with Crippen LogP contribution in [-0.2, 0) is 16.6 Å². The second-order valence-electron chi connectivity index (χ2n) is 8.10. The van der Waals surface area contributed by atoms with Gasteiger partial charge in [0.15, 0.2) is 0 Å². The number of benzene rings is 2. The first-order valence-electron chi connectivity index (χ1n) is 10.9. The van der Waals surface area contributed by atoms with Gasteiger partial charge < -0.3 is 9.88 Å². The second-order valence-corrected chi connectivity index (χ2v) is 10.0. The molecule has 168 valence electrons. The van der Waals surface area contributed by atoms with E-state index >= 15 is 0 Å². The fourth-order valence-corrected chi connectivity index (χ4v) is 5.39. The van der Waals surface area contributed by atoms with E-state index < -0.39 is 10.0 Å². The van der Waals surface area contributed by atoms with Crippen molar-refractivity contribution >= 4 is 21.6 Å². The molecule has 1 aliphatic rings. The van der Waals surface area contributed by atoms with Crippen LogP contribution in [0.15, 0.2) is 65.8 Å². The van der Waals surface area contributed by atoms with Crippen molar-refractivity contribution in [1.82, 2.24) is 13.9 Å². The summed E-state index contributed by atoms with van der Waals surface area (Å²) in [5.41, 5.74) is 2.17. The molecule has 0 saturated carbocycles. The van der Waals surface area contributed by atoms with Gasteiger partial charge in [0.25, 0.3) is 5.91 Å². The predicted octanol–water partition coefficient (Wildman–Crippen LogP) is 4.06. The third kappa shape index (κ3) is 5.08. The van der Waals surface area contributed by atoms with Crippen LogP contribution in [0.1, 0.15) is 47.4 Å². The van der Waals surface area contributed by atoms with Gasteiger partial charge in [0.05, 0.1) is 4.90 Å². The number of rotatable bonds is 6. The summed E-state index contributed by atoms with van der Waals surface area (Å²) >= 11 is 0. The Morgan fingerprint density at radius 1 is 0.969 bits per heavy atom. The maximum atomic E-state index is 12.9. The molecule has 3 aromatic rings. The van der Waals surface area contributed by atoms with Crippen LogP contribution in [0.2, 0.25) is 0 Å². The lowest BCUT2D eigenvalue weighted by Gasteiger charge is -2.20. The summed E-state index contributed by atoms with van der Waals surface area (Å²) in [6.45, 7) is 3.78. The molecule has 32 heavy (non-hydrogen) atoms. The Bertz CT molecular complexity index is 1160. The number of carbonyl (C=O) groups is 1. The smallest absolute Gasteiger partial charge is 0.255 e. The first-order valence-corrected chi connectivity index (χ1v) is 12.4. The van der Waals surface area contributed by atoms with Crippen LogP contribution in [0.4, 0.5) is 5.69 Å². The zero-order chi connectivity index (χ0) is 22.6.